The number of carbonyl (C=O) groups excluding carboxylic acids is 1. The third kappa shape index (κ3) is 4.16. The van der Waals surface area contributed by atoms with Gasteiger partial charge in [-0.3, -0.25) is 10.1 Å². The number of non-ortho nitro benzene ring substituents is 1. The van der Waals surface area contributed by atoms with Gasteiger partial charge in [0.2, 0.25) is 0 Å². The van der Waals surface area contributed by atoms with Crippen LogP contribution in [0.4, 0.5) is 5.69 Å². The van der Waals surface area contributed by atoms with Crippen LogP contribution >= 0.6 is 15.9 Å². The molecule has 2 aromatic carbocycles. The highest BCUT2D eigenvalue weighted by Crippen LogP contribution is 2.32. The van der Waals surface area contributed by atoms with Gasteiger partial charge in [-0.2, -0.15) is 0 Å². The number of ether oxygens (including phenoxy) is 1. The van der Waals surface area contributed by atoms with Crippen LogP contribution in [0.15, 0.2) is 46.9 Å². The van der Waals surface area contributed by atoms with E-state index in [1.165, 1.54) is 24.3 Å². The van der Waals surface area contributed by atoms with E-state index in [1.54, 1.807) is 6.07 Å². The molecule has 0 aliphatic rings. The third-order valence-electron chi connectivity index (χ3n) is 3.31. The average Bonchev–Trinajstić information content (AvgIpc) is 2.48. The predicted molar refractivity (Wildman–Crippen MR) is 90.9 cm³/mol. The number of nitro benzene ring substituents is 1. The third-order valence-corrected chi connectivity index (χ3v) is 3.93. The number of nitrogens with zero attached hydrogens (tertiary/aromatic N) is 1. The van der Waals surface area contributed by atoms with Crippen LogP contribution < -0.4 is 4.74 Å². The number of nitro groups is 1. The lowest BCUT2D eigenvalue weighted by Crippen LogP contribution is -2.12. The van der Waals surface area contributed by atoms with Crippen molar-refractivity contribution in [2.24, 2.45) is 0 Å². The standard InChI is InChI=1S/C17H16BrNO4/c1-17(2,3)12-6-9-15(14(18)10-12)23-16(20)11-4-7-13(8-5-11)19(21)22/h4-10H,1-3H3. The first-order valence-corrected chi connectivity index (χ1v) is 7.74. The maximum Gasteiger partial charge on any atom is 0.343 e. The zero-order valence-corrected chi connectivity index (χ0v) is 14.6. The molecule has 0 aromatic heterocycles. The summed E-state index contributed by atoms with van der Waals surface area (Å²) in [6.07, 6.45) is 0. The first-order valence-electron chi connectivity index (χ1n) is 6.95. The average molecular weight is 378 g/mol. The Labute approximate surface area is 142 Å². The molecule has 0 spiro atoms. The summed E-state index contributed by atoms with van der Waals surface area (Å²) < 4.78 is 6.02. The van der Waals surface area contributed by atoms with E-state index in [4.69, 9.17) is 4.74 Å². The first kappa shape index (κ1) is 17.1. The lowest BCUT2D eigenvalue weighted by Gasteiger charge is -2.20. The van der Waals surface area contributed by atoms with Gasteiger partial charge in [0.05, 0.1) is 15.0 Å². The maximum atomic E-state index is 12.1. The molecule has 0 fully saturated rings. The summed E-state index contributed by atoms with van der Waals surface area (Å²) in [5.41, 5.74) is 1.28. The van der Waals surface area contributed by atoms with Crippen LogP contribution in [-0.2, 0) is 5.41 Å². The van der Waals surface area contributed by atoms with Crippen LogP contribution in [0.25, 0.3) is 0 Å². The Morgan fingerprint density at radius 2 is 1.74 bits per heavy atom. The largest absolute Gasteiger partial charge is 0.422 e. The molecule has 0 amide bonds. The fraction of sp³-hybridized carbons (Fsp3) is 0.235. The van der Waals surface area contributed by atoms with E-state index in [2.05, 4.69) is 36.7 Å². The van der Waals surface area contributed by atoms with E-state index in [0.717, 1.165) is 5.56 Å². The number of halogens is 1. The van der Waals surface area contributed by atoms with Gasteiger partial charge in [0.25, 0.3) is 5.69 Å². The molecule has 0 unspecified atom stereocenters. The number of hydrogen-bond donors (Lipinski definition) is 0. The van der Waals surface area contributed by atoms with E-state index in [9.17, 15) is 14.9 Å². The molecule has 5 nitrogen and oxygen atoms in total. The van der Waals surface area contributed by atoms with Crippen molar-refractivity contribution in [3.63, 3.8) is 0 Å². The van der Waals surface area contributed by atoms with E-state index in [0.29, 0.717) is 10.2 Å². The van der Waals surface area contributed by atoms with Gasteiger partial charge in [-0.1, -0.05) is 26.8 Å². The Kier molecular flexibility index (Phi) is 4.85. The smallest absolute Gasteiger partial charge is 0.343 e. The van der Waals surface area contributed by atoms with Gasteiger partial charge in [-0.25, -0.2) is 4.79 Å². The zero-order chi connectivity index (χ0) is 17.2. The number of rotatable bonds is 3. The molecule has 0 aliphatic heterocycles. The van der Waals surface area contributed by atoms with Crippen molar-refractivity contribution in [1.82, 2.24) is 0 Å². The Morgan fingerprint density at radius 1 is 1.13 bits per heavy atom. The van der Waals surface area contributed by atoms with Gasteiger partial charge in [-0.05, 0) is 51.2 Å². The van der Waals surface area contributed by atoms with Crippen molar-refractivity contribution in [1.29, 1.82) is 0 Å². The molecule has 0 N–H and O–H groups in total. The minimum atomic E-state index is -0.566. The first-order chi connectivity index (χ1) is 10.7. The summed E-state index contributed by atoms with van der Waals surface area (Å²) in [4.78, 5) is 22.2. The van der Waals surface area contributed by atoms with Gasteiger partial charge >= 0.3 is 5.97 Å². The quantitative estimate of drug-likeness (QED) is 0.331. The van der Waals surface area contributed by atoms with Gasteiger partial charge in [0, 0.05) is 12.1 Å². The summed E-state index contributed by atoms with van der Waals surface area (Å²) in [6.45, 7) is 6.28. The lowest BCUT2D eigenvalue weighted by molar-refractivity contribution is -0.384. The summed E-state index contributed by atoms with van der Waals surface area (Å²) in [7, 11) is 0. The molecule has 0 heterocycles. The van der Waals surface area contributed by atoms with Gasteiger partial charge < -0.3 is 4.74 Å². The molecule has 120 valence electrons. The fourth-order valence-corrected chi connectivity index (χ4v) is 2.39. The van der Waals surface area contributed by atoms with Crippen LogP contribution in [0, 0.1) is 10.1 Å². The Morgan fingerprint density at radius 3 is 2.22 bits per heavy atom. The molecular formula is C17H16BrNO4. The number of hydrogen-bond acceptors (Lipinski definition) is 4. The van der Waals surface area contributed by atoms with Crippen molar-refractivity contribution in [3.05, 3.63) is 68.2 Å². The Hall–Kier alpha value is -2.21. The lowest BCUT2D eigenvalue weighted by atomic mass is 9.87. The van der Waals surface area contributed by atoms with Crippen LogP contribution in [0.5, 0.6) is 5.75 Å². The SMILES string of the molecule is CC(C)(C)c1ccc(OC(=O)c2ccc([N+](=O)[O-])cc2)c(Br)c1. The molecule has 0 aliphatic carbocycles. The van der Waals surface area contributed by atoms with Crippen LogP contribution in [0.2, 0.25) is 0 Å². The highest BCUT2D eigenvalue weighted by atomic mass is 79.9. The minimum absolute atomic E-state index is 0.0105. The summed E-state index contributed by atoms with van der Waals surface area (Å²) >= 11 is 3.40. The van der Waals surface area contributed by atoms with E-state index in [-0.39, 0.29) is 16.7 Å². The van der Waals surface area contributed by atoms with Crippen LogP contribution in [0.3, 0.4) is 0 Å². The van der Waals surface area contributed by atoms with Gasteiger partial charge in [0.1, 0.15) is 5.75 Å². The minimum Gasteiger partial charge on any atom is -0.422 e. The van der Waals surface area contributed by atoms with Gasteiger partial charge in [-0.15, -0.1) is 0 Å². The molecule has 0 saturated heterocycles. The fourth-order valence-electron chi connectivity index (χ4n) is 1.93. The highest BCUT2D eigenvalue weighted by Gasteiger charge is 2.17. The van der Waals surface area contributed by atoms with Crippen molar-refractivity contribution in [2.45, 2.75) is 26.2 Å². The summed E-state index contributed by atoms with van der Waals surface area (Å²) in [6, 6.07) is 10.8. The second kappa shape index (κ2) is 6.50. The molecule has 2 rings (SSSR count). The molecule has 2 aromatic rings. The molecular weight excluding hydrogens is 362 g/mol. The molecule has 0 bridgehead atoms. The second-order valence-corrected chi connectivity index (χ2v) is 6.94. The maximum absolute atomic E-state index is 12.1. The Balaban J connectivity index is 2.18. The zero-order valence-electron chi connectivity index (χ0n) is 13.0. The van der Waals surface area contributed by atoms with Crippen molar-refractivity contribution in [3.8, 4) is 5.75 Å². The number of carbonyl (C=O) groups is 1. The topological polar surface area (TPSA) is 69.4 Å². The number of esters is 1. The van der Waals surface area contributed by atoms with E-state index in [1.807, 2.05) is 12.1 Å². The Bertz CT molecular complexity index is 748. The van der Waals surface area contributed by atoms with Crippen LogP contribution in [-0.4, -0.2) is 10.9 Å². The second-order valence-electron chi connectivity index (χ2n) is 6.09. The van der Waals surface area contributed by atoms with E-state index < -0.39 is 10.9 Å². The molecule has 0 radical (unpaired) electrons. The number of benzene rings is 2. The molecule has 6 heteroatoms. The van der Waals surface area contributed by atoms with E-state index >= 15 is 0 Å². The monoisotopic (exact) mass is 377 g/mol. The predicted octanol–water partition coefficient (Wildman–Crippen LogP) is 4.87. The summed E-state index contributed by atoms with van der Waals surface area (Å²) in [5, 5.41) is 10.6. The van der Waals surface area contributed by atoms with Crippen molar-refractivity contribution >= 4 is 27.6 Å². The normalized spacial score (nSPS) is 11.1. The highest BCUT2D eigenvalue weighted by molar-refractivity contribution is 9.10. The summed E-state index contributed by atoms with van der Waals surface area (Å²) in [5.74, 6) is -0.162. The molecule has 0 atom stereocenters. The van der Waals surface area contributed by atoms with Crippen molar-refractivity contribution in [2.75, 3.05) is 0 Å². The van der Waals surface area contributed by atoms with Crippen LogP contribution in [0.1, 0.15) is 36.7 Å². The molecule has 23 heavy (non-hydrogen) atoms. The molecule has 0 saturated carbocycles. The van der Waals surface area contributed by atoms with Crippen molar-refractivity contribution < 1.29 is 14.5 Å². The van der Waals surface area contributed by atoms with Gasteiger partial charge in [0.15, 0.2) is 0 Å².